The molecular weight excluding hydrogens is 459 g/mol. The van der Waals surface area contributed by atoms with Gasteiger partial charge in [0.1, 0.15) is 10.6 Å². The van der Waals surface area contributed by atoms with E-state index < -0.39 is 10.0 Å². The molecule has 2 aromatic carbocycles. The lowest BCUT2D eigenvalue weighted by atomic mass is 10.1. The lowest BCUT2D eigenvalue weighted by molar-refractivity contribution is -0.128. The molecule has 1 amide bonds. The number of hydrogen-bond donors (Lipinski definition) is 0. The maximum Gasteiger partial charge on any atom is 0.247 e. The van der Waals surface area contributed by atoms with E-state index in [-0.39, 0.29) is 22.6 Å². The fraction of sp³-hybridized carbons (Fsp3) is 0.318. The molecule has 2 rings (SSSR count). The zero-order valence-electron chi connectivity index (χ0n) is 18.1. The quantitative estimate of drug-likeness (QED) is 0.509. The molecule has 0 aromatic heterocycles. The van der Waals surface area contributed by atoms with E-state index in [1.54, 1.807) is 35.2 Å². The van der Waals surface area contributed by atoms with Crippen LogP contribution in [0.2, 0.25) is 10.0 Å². The molecule has 9 heteroatoms. The van der Waals surface area contributed by atoms with Crippen LogP contribution >= 0.6 is 23.2 Å². The number of amides is 1. The van der Waals surface area contributed by atoms with Crippen molar-refractivity contribution in [3.8, 4) is 5.75 Å². The average Bonchev–Trinajstić information content (AvgIpc) is 2.72. The molecule has 0 saturated carbocycles. The van der Waals surface area contributed by atoms with E-state index in [1.807, 2.05) is 19.9 Å². The van der Waals surface area contributed by atoms with Crippen molar-refractivity contribution >= 4 is 45.2 Å². The van der Waals surface area contributed by atoms with Crippen molar-refractivity contribution in [2.45, 2.75) is 31.3 Å². The van der Waals surface area contributed by atoms with Gasteiger partial charge in [0, 0.05) is 32.8 Å². The number of carbonyl (C=O) groups excluding carboxylic acids is 1. The van der Waals surface area contributed by atoms with Crippen molar-refractivity contribution in [1.82, 2.24) is 9.21 Å². The van der Waals surface area contributed by atoms with E-state index in [0.29, 0.717) is 22.2 Å². The Bertz CT molecular complexity index is 1080. The minimum Gasteiger partial charge on any atom is -0.495 e. The van der Waals surface area contributed by atoms with E-state index in [1.165, 1.54) is 33.3 Å². The van der Waals surface area contributed by atoms with Gasteiger partial charge in [-0.1, -0.05) is 35.3 Å². The summed E-state index contributed by atoms with van der Waals surface area (Å²) in [5, 5.41) is 0.884. The number of sulfonamides is 1. The summed E-state index contributed by atoms with van der Waals surface area (Å²) >= 11 is 12.1. The Morgan fingerprint density at radius 3 is 2.32 bits per heavy atom. The topological polar surface area (TPSA) is 66.9 Å². The number of benzene rings is 2. The van der Waals surface area contributed by atoms with Gasteiger partial charge in [-0.25, -0.2) is 12.7 Å². The molecule has 0 fully saturated rings. The highest BCUT2D eigenvalue weighted by molar-refractivity contribution is 7.89. The molecule has 6 nitrogen and oxygen atoms in total. The molecule has 0 heterocycles. The molecule has 0 aliphatic heterocycles. The summed E-state index contributed by atoms with van der Waals surface area (Å²) in [6.07, 6.45) is 3.01. The van der Waals surface area contributed by atoms with Crippen LogP contribution in [0.1, 0.15) is 25.0 Å². The van der Waals surface area contributed by atoms with Crippen molar-refractivity contribution in [2.75, 3.05) is 21.2 Å². The molecule has 0 bridgehead atoms. The first-order valence-corrected chi connectivity index (χ1v) is 11.7. The van der Waals surface area contributed by atoms with Crippen LogP contribution in [0.25, 0.3) is 6.08 Å². The van der Waals surface area contributed by atoms with Gasteiger partial charge in [-0.15, -0.1) is 0 Å². The summed E-state index contributed by atoms with van der Waals surface area (Å²) in [7, 11) is 0.604. The van der Waals surface area contributed by atoms with Gasteiger partial charge in [-0.3, -0.25) is 4.79 Å². The highest BCUT2D eigenvalue weighted by Crippen LogP contribution is 2.27. The van der Waals surface area contributed by atoms with Gasteiger partial charge >= 0.3 is 0 Å². The highest BCUT2D eigenvalue weighted by Gasteiger charge is 2.22. The molecular formula is C22H26Cl2N2O4S. The molecule has 0 unspecified atom stereocenters. The maximum atomic E-state index is 12.9. The van der Waals surface area contributed by atoms with Crippen LogP contribution in [-0.2, 0) is 21.4 Å². The normalized spacial score (nSPS) is 12.0. The molecule has 168 valence electrons. The summed E-state index contributed by atoms with van der Waals surface area (Å²) in [5.41, 5.74) is 1.42. The Morgan fingerprint density at radius 1 is 1.10 bits per heavy atom. The van der Waals surface area contributed by atoms with E-state index in [9.17, 15) is 13.2 Å². The van der Waals surface area contributed by atoms with E-state index in [0.717, 1.165) is 9.87 Å². The second-order valence-corrected chi connectivity index (χ2v) is 10.3. The number of carbonyl (C=O) groups is 1. The van der Waals surface area contributed by atoms with Crippen molar-refractivity contribution in [2.24, 2.45) is 0 Å². The van der Waals surface area contributed by atoms with Gasteiger partial charge in [0.05, 0.1) is 17.2 Å². The maximum absolute atomic E-state index is 12.9. The lowest BCUT2D eigenvalue weighted by Gasteiger charge is -2.26. The number of hydrogen-bond acceptors (Lipinski definition) is 4. The standard InChI is InChI=1S/C22H26Cl2N2O4S/c1-15(2)26(14-17-6-9-18(23)19(24)12-17)22(27)11-8-16-7-10-20(30-5)21(13-16)31(28,29)25(3)4/h6-13,15H,14H2,1-5H3. The summed E-state index contributed by atoms with van der Waals surface area (Å²) in [4.78, 5) is 14.6. The molecule has 0 aliphatic carbocycles. The average molecular weight is 485 g/mol. The minimum atomic E-state index is -3.70. The summed E-state index contributed by atoms with van der Waals surface area (Å²) in [5.74, 6) is 0.0227. The molecule has 0 aliphatic rings. The van der Waals surface area contributed by atoms with Crippen LogP contribution in [0.3, 0.4) is 0 Å². The summed E-state index contributed by atoms with van der Waals surface area (Å²) in [6, 6.07) is 9.93. The first-order chi connectivity index (χ1) is 14.5. The predicted molar refractivity (Wildman–Crippen MR) is 125 cm³/mol. The van der Waals surface area contributed by atoms with E-state index in [2.05, 4.69) is 0 Å². The second-order valence-electron chi connectivity index (χ2n) is 7.34. The van der Waals surface area contributed by atoms with Crippen molar-refractivity contribution in [3.63, 3.8) is 0 Å². The third-order valence-electron chi connectivity index (χ3n) is 4.61. The van der Waals surface area contributed by atoms with Crippen LogP contribution in [0.5, 0.6) is 5.75 Å². The number of rotatable bonds is 8. The molecule has 0 N–H and O–H groups in total. The number of ether oxygens (including phenoxy) is 1. The number of halogens is 2. The second kappa shape index (κ2) is 10.5. The Kier molecular flexibility index (Phi) is 8.54. The first-order valence-electron chi connectivity index (χ1n) is 9.50. The smallest absolute Gasteiger partial charge is 0.247 e. The van der Waals surface area contributed by atoms with Crippen LogP contribution in [0.4, 0.5) is 0 Å². The largest absolute Gasteiger partial charge is 0.495 e. The lowest BCUT2D eigenvalue weighted by Crippen LogP contribution is -2.35. The molecule has 0 radical (unpaired) electrons. The van der Waals surface area contributed by atoms with Crippen LogP contribution in [0, 0.1) is 0 Å². The van der Waals surface area contributed by atoms with Crippen LogP contribution < -0.4 is 4.74 Å². The molecule has 2 aromatic rings. The molecule has 0 spiro atoms. The SMILES string of the molecule is COc1ccc(C=CC(=O)N(Cc2ccc(Cl)c(Cl)c2)C(C)C)cc1S(=O)(=O)N(C)C. The summed E-state index contributed by atoms with van der Waals surface area (Å²) in [6.45, 7) is 4.19. The van der Waals surface area contributed by atoms with Crippen molar-refractivity contribution in [3.05, 3.63) is 63.6 Å². The van der Waals surface area contributed by atoms with Gasteiger partial charge in [0.25, 0.3) is 0 Å². The van der Waals surface area contributed by atoms with Gasteiger partial charge in [-0.05, 0) is 55.3 Å². The molecule has 0 atom stereocenters. The first kappa shape index (κ1) is 25.2. The Balaban J connectivity index is 2.29. The molecule has 31 heavy (non-hydrogen) atoms. The third kappa shape index (κ3) is 6.23. The van der Waals surface area contributed by atoms with Crippen molar-refractivity contribution < 1.29 is 17.9 Å². The minimum absolute atomic E-state index is 0.0334. The summed E-state index contributed by atoms with van der Waals surface area (Å²) < 4.78 is 31.5. The predicted octanol–water partition coefficient (Wildman–Crippen LogP) is 4.70. The van der Waals surface area contributed by atoms with Gasteiger partial charge in [-0.2, -0.15) is 0 Å². The zero-order chi connectivity index (χ0) is 23.3. The van der Waals surface area contributed by atoms with Crippen LogP contribution in [0.15, 0.2) is 47.4 Å². The molecule has 0 saturated heterocycles. The highest BCUT2D eigenvalue weighted by atomic mass is 35.5. The third-order valence-corrected chi connectivity index (χ3v) is 7.18. The Hall–Kier alpha value is -2.06. The van der Waals surface area contributed by atoms with E-state index >= 15 is 0 Å². The number of nitrogens with zero attached hydrogens (tertiary/aromatic N) is 2. The van der Waals surface area contributed by atoms with Gasteiger partial charge in [0.15, 0.2) is 0 Å². The fourth-order valence-corrected chi connectivity index (χ4v) is 4.21. The Labute approximate surface area is 194 Å². The van der Waals surface area contributed by atoms with Gasteiger partial charge < -0.3 is 9.64 Å². The fourth-order valence-electron chi connectivity index (χ4n) is 2.81. The number of methoxy groups -OCH3 is 1. The monoisotopic (exact) mass is 484 g/mol. The van der Waals surface area contributed by atoms with Crippen molar-refractivity contribution in [1.29, 1.82) is 0 Å². The van der Waals surface area contributed by atoms with Crippen LogP contribution in [-0.4, -0.2) is 50.8 Å². The van der Waals surface area contributed by atoms with E-state index in [4.69, 9.17) is 27.9 Å². The zero-order valence-corrected chi connectivity index (χ0v) is 20.4. The van der Waals surface area contributed by atoms with Gasteiger partial charge in [0.2, 0.25) is 15.9 Å². The Morgan fingerprint density at radius 2 is 1.77 bits per heavy atom.